The Kier molecular flexibility index (Phi) is 4.10. The standard InChI is InChI=1S/C18H16F2N2O/c1-11(12-6-7-15(19)16(20)8-12)22-18(23)9-13-10-21-17-5-3-2-4-14(13)17/h2-8,10-11,21H,9H2,1H3,(H,22,23)/t11-/m0/s1. The molecule has 0 aliphatic carbocycles. The first-order valence-electron chi connectivity index (χ1n) is 7.34. The number of benzene rings is 2. The number of carbonyl (C=O) groups excluding carboxylic acids is 1. The van der Waals surface area contributed by atoms with Crippen molar-refractivity contribution < 1.29 is 13.6 Å². The number of aromatic amines is 1. The summed E-state index contributed by atoms with van der Waals surface area (Å²) in [6.45, 7) is 1.74. The number of hydrogen-bond acceptors (Lipinski definition) is 1. The van der Waals surface area contributed by atoms with E-state index in [0.29, 0.717) is 5.56 Å². The van der Waals surface area contributed by atoms with E-state index in [4.69, 9.17) is 0 Å². The Morgan fingerprint density at radius 1 is 1.17 bits per heavy atom. The lowest BCUT2D eigenvalue weighted by Gasteiger charge is -2.14. The van der Waals surface area contributed by atoms with Crippen molar-refractivity contribution in [1.82, 2.24) is 10.3 Å². The third-order valence-corrected chi connectivity index (χ3v) is 3.85. The molecule has 0 aliphatic rings. The number of halogens is 2. The van der Waals surface area contributed by atoms with Gasteiger partial charge >= 0.3 is 0 Å². The maximum Gasteiger partial charge on any atom is 0.224 e. The lowest BCUT2D eigenvalue weighted by Crippen LogP contribution is -2.28. The summed E-state index contributed by atoms with van der Waals surface area (Å²) < 4.78 is 26.2. The van der Waals surface area contributed by atoms with Gasteiger partial charge in [0.2, 0.25) is 5.91 Å². The Balaban J connectivity index is 1.70. The molecule has 0 fully saturated rings. The van der Waals surface area contributed by atoms with Gasteiger partial charge in [-0.2, -0.15) is 0 Å². The second-order valence-electron chi connectivity index (χ2n) is 5.50. The molecule has 1 heterocycles. The lowest BCUT2D eigenvalue weighted by molar-refractivity contribution is -0.121. The minimum absolute atomic E-state index is 0.174. The fourth-order valence-corrected chi connectivity index (χ4v) is 2.61. The van der Waals surface area contributed by atoms with Gasteiger partial charge in [-0.05, 0) is 36.2 Å². The molecule has 0 saturated carbocycles. The van der Waals surface area contributed by atoms with E-state index in [-0.39, 0.29) is 12.3 Å². The van der Waals surface area contributed by atoms with Gasteiger partial charge in [0.25, 0.3) is 0 Å². The van der Waals surface area contributed by atoms with E-state index < -0.39 is 17.7 Å². The van der Waals surface area contributed by atoms with Crippen LogP contribution in [0.1, 0.15) is 24.1 Å². The minimum atomic E-state index is -0.916. The first kappa shape index (κ1) is 15.2. The van der Waals surface area contributed by atoms with Crippen LogP contribution in [0, 0.1) is 11.6 Å². The summed E-state index contributed by atoms with van der Waals surface area (Å²) in [5.41, 5.74) is 2.40. The van der Waals surface area contributed by atoms with Gasteiger partial charge in [0, 0.05) is 17.1 Å². The van der Waals surface area contributed by atoms with Crippen molar-refractivity contribution in [2.24, 2.45) is 0 Å². The van der Waals surface area contributed by atoms with Crippen LogP contribution >= 0.6 is 0 Å². The predicted molar refractivity (Wildman–Crippen MR) is 84.9 cm³/mol. The number of fused-ring (bicyclic) bond motifs is 1. The van der Waals surface area contributed by atoms with Gasteiger partial charge in [0.15, 0.2) is 11.6 Å². The monoisotopic (exact) mass is 314 g/mol. The highest BCUT2D eigenvalue weighted by Gasteiger charge is 2.14. The van der Waals surface area contributed by atoms with E-state index in [9.17, 15) is 13.6 Å². The molecule has 1 amide bonds. The van der Waals surface area contributed by atoms with Crippen molar-refractivity contribution in [3.8, 4) is 0 Å². The third-order valence-electron chi connectivity index (χ3n) is 3.85. The molecule has 2 aromatic carbocycles. The normalized spacial score (nSPS) is 12.3. The van der Waals surface area contributed by atoms with Crippen LogP contribution in [-0.4, -0.2) is 10.9 Å². The quantitative estimate of drug-likeness (QED) is 0.754. The van der Waals surface area contributed by atoms with Crippen LogP contribution in [0.25, 0.3) is 10.9 Å². The zero-order valence-corrected chi connectivity index (χ0v) is 12.6. The lowest BCUT2D eigenvalue weighted by atomic mass is 10.1. The summed E-state index contributed by atoms with van der Waals surface area (Å²) in [5.74, 6) is -1.99. The van der Waals surface area contributed by atoms with Gasteiger partial charge in [-0.15, -0.1) is 0 Å². The molecule has 0 bridgehead atoms. The summed E-state index contributed by atoms with van der Waals surface area (Å²) in [7, 11) is 0. The van der Waals surface area contributed by atoms with Gasteiger partial charge in [-0.1, -0.05) is 24.3 Å². The predicted octanol–water partition coefficient (Wildman–Crippen LogP) is 3.87. The fraction of sp³-hybridized carbons (Fsp3) is 0.167. The van der Waals surface area contributed by atoms with Crippen LogP contribution in [0.15, 0.2) is 48.7 Å². The number of carbonyl (C=O) groups is 1. The summed E-state index contributed by atoms with van der Waals surface area (Å²) >= 11 is 0. The van der Waals surface area contributed by atoms with Crippen LogP contribution in [0.5, 0.6) is 0 Å². The Morgan fingerprint density at radius 2 is 1.96 bits per heavy atom. The first-order valence-corrected chi connectivity index (χ1v) is 7.34. The van der Waals surface area contributed by atoms with Crippen LogP contribution in [0.2, 0.25) is 0 Å². The Bertz CT molecular complexity index is 857. The smallest absolute Gasteiger partial charge is 0.224 e. The molecular weight excluding hydrogens is 298 g/mol. The van der Waals surface area contributed by atoms with Crippen molar-refractivity contribution in [2.75, 3.05) is 0 Å². The number of aromatic nitrogens is 1. The fourth-order valence-electron chi connectivity index (χ4n) is 2.61. The van der Waals surface area contributed by atoms with Crippen molar-refractivity contribution in [2.45, 2.75) is 19.4 Å². The van der Waals surface area contributed by atoms with E-state index in [1.54, 1.807) is 6.92 Å². The number of para-hydroxylation sites is 1. The molecule has 0 unspecified atom stereocenters. The van der Waals surface area contributed by atoms with Gasteiger partial charge in [-0.25, -0.2) is 8.78 Å². The molecule has 0 aliphatic heterocycles. The molecule has 118 valence electrons. The zero-order valence-electron chi connectivity index (χ0n) is 12.6. The third kappa shape index (κ3) is 3.23. The molecule has 3 rings (SSSR count). The van der Waals surface area contributed by atoms with Crippen LogP contribution < -0.4 is 5.32 Å². The van der Waals surface area contributed by atoms with Gasteiger partial charge in [-0.3, -0.25) is 4.79 Å². The molecule has 2 N–H and O–H groups in total. The Morgan fingerprint density at radius 3 is 2.74 bits per heavy atom. The molecule has 3 nitrogen and oxygen atoms in total. The molecule has 1 atom stereocenters. The summed E-state index contributed by atoms with van der Waals surface area (Å²) in [4.78, 5) is 15.3. The second kappa shape index (κ2) is 6.20. The van der Waals surface area contributed by atoms with E-state index in [2.05, 4.69) is 10.3 Å². The molecule has 0 radical (unpaired) electrons. The summed E-state index contributed by atoms with van der Waals surface area (Å²) in [6, 6.07) is 11.0. The van der Waals surface area contributed by atoms with Gasteiger partial charge < -0.3 is 10.3 Å². The molecule has 3 aromatic rings. The topological polar surface area (TPSA) is 44.9 Å². The van der Waals surface area contributed by atoms with Crippen molar-refractivity contribution in [1.29, 1.82) is 0 Å². The number of rotatable bonds is 4. The second-order valence-corrected chi connectivity index (χ2v) is 5.50. The number of amides is 1. The maximum absolute atomic E-state index is 13.3. The largest absolute Gasteiger partial charge is 0.361 e. The van der Waals surface area contributed by atoms with E-state index in [1.165, 1.54) is 6.07 Å². The number of hydrogen-bond donors (Lipinski definition) is 2. The average molecular weight is 314 g/mol. The Hall–Kier alpha value is -2.69. The molecule has 5 heteroatoms. The van der Waals surface area contributed by atoms with Crippen molar-refractivity contribution in [3.63, 3.8) is 0 Å². The Labute approximate surface area is 132 Å². The van der Waals surface area contributed by atoms with Crippen LogP contribution in [0.4, 0.5) is 8.78 Å². The maximum atomic E-state index is 13.3. The average Bonchev–Trinajstić information content (AvgIpc) is 2.93. The molecule has 0 saturated heterocycles. The molecule has 0 spiro atoms. The number of H-pyrrole nitrogens is 1. The number of nitrogens with one attached hydrogen (secondary N) is 2. The highest BCUT2D eigenvalue weighted by Crippen LogP contribution is 2.19. The van der Waals surface area contributed by atoms with Crippen LogP contribution in [0.3, 0.4) is 0 Å². The van der Waals surface area contributed by atoms with Crippen molar-refractivity contribution >= 4 is 16.8 Å². The van der Waals surface area contributed by atoms with E-state index >= 15 is 0 Å². The molecule has 1 aromatic heterocycles. The van der Waals surface area contributed by atoms with Crippen molar-refractivity contribution in [3.05, 3.63) is 71.4 Å². The van der Waals surface area contributed by atoms with Crippen LogP contribution in [-0.2, 0) is 11.2 Å². The molecule has 23 heavy (non-hydrogen) atoms. The summed E-state index contributed by atoms with van der Waals surface area (Å²) in [5, 5.41) is 3.81. The van der Waals surface area contributed by atoms with E-state index in [1.807, 2.05) is 30.5 Å². The summed E-state index contributed by atoms with van der Waals surface area (Å²) in [6.07, 6.45) is 2.03. The highest BCUT2D eigenvalue weighted by atomic mass is 19.2. The van der Waals surface area contributed by atoms with Gasteiger partial charge in [0.1, 0.15) is 0 Å². The molecular formula is C18H16F2N2O. The zero-order chi connectivity index (χ0) is 16.4. The van der Waals surface area contributed by atoms with Gasteiger partial charge in [0.05, 0.1) is 12.5 Å². The van der Waals surface area contributed by atoms with E-state index in [0.717, 1.165) is 28.6 Å². The minimum Gasteiger partial charge on any atom is -0.361 e. The highest BCUT2D eigenvalue weighted by molar-refractivity contribution is 5.88. The SMILES string of the molecule is C[C@H](NC(=O)Cc1c[nH]c2ccccc12)c1ccc(F)c(F)c1. The first-order chi connectivity index (χ1) is 11.0.